The second-order valence-electron chi connectivity index (χ2n) is 7.17. The maximum atomic E-state index is 12.2. The molecule has 2 N–H and O–H groups in total. The topological polar surface area (TPSA) is 53.6 Å². The van der Waals surface area contributed by atoms with Crippen molar-refractivity contribution in [1.82, 2.24) is 10.2 Å². The Labute approximate surface area is 180 Å². The van der Waals surface area contributed by atoms with Crippen LogP contribution in [-0.4, -0.2) is 50.3 Å². The first-order valence-corrected chi connectivity index (χ1v) is 10.3. The monoisotopic (exact) mass is 417 g/mol. The molecule has 0 aromatic heterocycles. The number of ether oxygens (including phenoxy) is 1. The van der Waals surface area contributed by atoms with Gasteiger partial charge in [-0.25, -0.2) is 4.79 Å². The lowest BCUT2D eigenvalue weighted by atomic mass is 10.1. The van der Waals surface area contributed by atoms with Crippen LogP contribution < -0.4 is 10.6 Å². The van der Waals surface area contributed by atoms with E-state index in [-0.39, 0.29) is 18.4 Å². The van der Waals surface area contributed by atoms with Crippen LogP contribution in [0.1, 0.15) is 24.0 Å². The third-order valence-corrected chi connectivity index (χ3v) is 4.96. The first kappa shape index (κ1) is 23.2. The molecule has 1 heterocycles. The highest BCUT2D eigenvalue weighted by Gasteiger charge is 2.15. The van der Waals surface area contributed by atoms with Gasteiger partial charge in [0.2, 0.25) is 0 Å². The second kappa shape index (κ2) is 13.2. The molecular formula is C23H32ClN3O2. The number of amides is 2. The standard InChI is InChI=1S/C23H31N3O2.ClH/c27-23(26-16-14-24-15-17-26)25-22-12-10-21(11-13-22)9-5-19-28-18-4-8-20-6-2-1-3-7-20;/h1-3,6-7,10-13,24H,4-5,8-9,14-19H2,(H,25,27);1H. The summed E-state index contributed by atoms with van der Waals surface area (Å²) in [6, 6.07) is 18.7. The van der Waals surface area contributed by atoms with E-state index in [1.807, 2.05) is 23.1 Å². The molecule has 2 aromatic rings. The lowest BCUT2D eigenvalue weighted by molar-refractivity contribution is 0.130. The Morgan fingerprint density at radius 2 is 1.48 bits per heavy atom. The van der Waals surface area contributed by atoms with E-state index in [9.17, 15) is 4.79 Å². The van der Waals surface area contributed by atoms with Gasteiger partial charge in [0.15, 0.2) is 0 Å². The molecule has 3 rings (SSSR count). The van der Waals surface area contributed by atoms with Gasteiger partial charge in [0.1, 0.15) is 0 Å². The summed E-state index contributed by atoms with van der Waals surface area (Å²) in [5.74, 6) is 0. The van der Waals surface area contributed by atoms with Crippen molar-refractivity contribution < 1.29 is 9.53 Å². The van der Waals surface area contributed by atoms with E-state index in [1.54, 1.807) is 0 Å². The largest absolute Gasteiger partial charge is 0.381 e. The van der Waals surface area contributed by atoms with Crippen LogP contribution in [0, 0.1) is 0 Å². The molecule has 1 aliphatic rings. The lowest BCUT2D eigenvalue weighted by Crippen LogP contribution is -2.48. The first-order valence-electron chi connectivity index (χ1n) is 10.3. The maximum Gasteiger partial charge on any atom is 0.321 e. The van der Waals surface area contributed by atoms with Crippen LogP contribution in [0.15, 0.2) is 54.6 Å². The fourth-order valence-electron chi connectivity index (χ4n) is 3.33. The van der Waals surface area contributed by atoms with Crippen molar-refractivity contribution in [2.24, 2.45) is 0 Å². The molecule has 0 unspecified atom stereocenters. The smallest absolute Gasteiger partial charge is 0.321 e. The second-order valence-corrected chi connectivity index (χ2v) is 7.17. The number of benzene rings is 2. The Kier molecular flexibility index (Phi) is 10.6. The van der Waals surface area contributed by atoms with E-state index in [4.69, 9.17) is 4.74 Å². The SMILES string of the molecule is Cl.O=C(Nc1ccc(CCCOCCCc2ccccc2)cc1)N1CCNCC1. The van der Waals surface area contributed by atoms with Crippen molar-refractivity contribution in [3.8, 4) is 0 Å². The van der Waals surface area contributed by atoms with Gasteiger partial charge in [-0.05, 0) is 48.9 Å². The molecule has 2 aromatic carbocycles. The molecule has 1 aliphatic heterocycles. The number of hydrogen-bond donors (Lipinski definition) is 2. The summed E-state index contributed by atoms with van der Waals surface area (Å²) < 4.78 is 5.75. The van der Waals surface area contributed by atoms with Crippen LogP contribution in [0.25, 0.3) is 0 Å². The van der Waals surface area contributed by atoms with E-state index in [0.717, 1.165) is 70.8 Å². The highest BCUT2D eigenvalue weighted by Crippen LogP contribution is 2.12. The Morgan fingerprint density at radius 3 is 2.10 bits per heavy atom. The molecule has 1 fully saturated rings. The number of hydrogen-bond acceptors (Lipinski definition) is 3. The van der Waals surface area contributed by atoms with E-state index in [2.05, 4.69) is 47.0 Å². The molecule has 0 radical (unpaired) electrons. The quantitative estimate of drug-likeness (QED) is 0.603. The van der Waals surface area contributed by atoms with Gasteiger partial charge in [-0.15, -0.1) is 12.4 Å². The summed E-state index contributed by atoms with van der Waals surface area (Å²) in [5.41, 5.74) is 3.49. The number of piperazine rings is 1. The predicted octanol–water partition coefficient (Wildman–Crippen LogP) is 4.13. The fraction of sp³-hybridized carbons (Fsp3) is 0.435. The van der Waals surface area contributed by atoms with Crippen molar-refractivity contribution in [1.29, 1.82) is 0 Å². The van der Waals surface area contributed by atoms with Crippen molar-refractivity contribution in [2.45, 2.75) is 25.7 Å². The van der Waals surface area contributed by atoms with Gasteiger partial charge in [-0.3, -0.25) is 0 Å². The van der Waals surface area contributed by atoms with Crippen molar-refractivity contribution in [3.63, 3.8) is 0 Å². The van der Waals surface area contributed by atoms with Gasteiger partial charge >= 0.3 is 6.03 Å². The summed E-state index contributed by atoms with van der Waals surface area (Å²) in [6.45, 7) is 4.84. The molecule has 0 spiro atoms. The zero-order chi connectivity index (χ0) is 19.4. The number of urea groups is 1. The molecule has 29 heavy (non-hydrogen) atoms. The van der Waals surface area contributed by atoms with Crippen LogP contribution in [0.2, 0.25) is 0 Å². The minimum absolute atomic E-state index is 0. The maximum absolute atomic E-state index is 12.2. The Bertz CT molecular complexity index is 704. The molecular weight excluding hydrogens is 386 g/mol. The van der Waals surface area contributed by atoms with Crippen LogP contribution in [0.4, 0.5) is 10.5 Å². The van der Waals surface area contributed by atoms with E-state index in [1.165, 1.54) is 11.1 Å². The summed E-state index contributed by atoms with van der Waals surface area (Å²) >= 11 is 0. The number of rotatable bonds is 9. The number of nitrogens with zero attached hydrogens (tertiary/aromatic N) is 1. The normalized spacial score (nSPS) is 13.6. The third-order valence-electron chi connectivity index (χ3n) is 4.96. The van der Waals surface area contributed by atoms with Crippen molar-refractivity contribution >= 4 is 24.1 Å². The van der Waals surface area contributed by atoms with Crippen LogP contribution in [0.3, 0.4) is 0 Å². The minimum atomic E-state index is -0.0156. The molecule has 0 atom stereocenters. The molecule has 0 bridgehead atoms. The van der Waals surface area contributed by atoms with Crippen LogP contribution in [0.5, 0.6) is 0 Å². The predicted molar refractivity (Wildman–Crippen MR) is 121 cm³/mol. The van der Waals surface area contributed by atoms with Gasteiger partial charge in [0.25, 0.3) is 0 Å². The minimum Gasteiger partial charge on any atom is -0.381 e. The van der Waals surface area contributed by atoms with Gasteiger partial charge in [0.05, 0.1) is 0 Å². The van der Waals surface area contributed by atoms with Gasteiger partial charge in [0, 0.05) is 45.1 Å². The molecule has 0 saturated carbocycles. The number of nitrogens with one attached hydrogen (secondary N) is 2. The number of carbonyl (C=O) groups excluding carboxylic acids is 1. The number of halogens is 1. The summed E-state index contributed by atoms with van der Waals surface area (Å²) in [4.78, 5) is 14.1. The highest BCUT2D eigenvalue weighted by molar-refractivity contribution is 5.89. The summed E-state index contributed by atoms with van der Waals surface area (Å²) in [5, 5.41) is 6.23. The zero-order valence-electron chi connectivity index (χ0n) is 16.9. The molecule has 6 heteroatoms. The lowest BCUT2D eigenvalue weighted by Gasteiger charge is -2.27. The van der Waals surface area contributed by atoms with Gasteiger partial charge < -0.3 is 20.3 Å². The van der Waals surface area contributed by atoms with Crippen LogP contribution in [-0.2, 0) is 17.6 Å². The molecule has 1 saturated heterocycles. The molecule has 2 amide bonds. The van der Waals surface area contributed by atoms with E-state index in [0.29, 0.717) is 0 Å². The van der Waals surface area contributed by atoms with Crippen molar-refractivity contribution in [2.75, 3.05) is 44.7 Å². The van der Waals surface area contributed by atoms with Crippen molar-refractivity contribution in [3.05, 3.63) is 65.7 Å². The number of aryl methyl sites for hydroxylation is 2. The van der Waals surface area contributed by atoms with Gasteiger partial charge in [-0.2, -0.15) is 0 Å². The average Bonchev–Trinajstić information content (AvgIpc) is 2.75. The first-order chi connectivity index (χ1) is 13.8. The molecule has 158 valence electrons. The summed E-state index contributed by atoms with van der Waals surface area (Å²) in [7, 11) is 0. The molecule has 0 aliphatic carbocycles. The van der Waals surface area contributed by atoms with E-state index >= 15 is 0 Å². The van der Waals surface area contributed by atoms with Gasteiger partial charge in [-0.1, -0.05) is 42.5 Å². The number of carbonyl (C=O) groups is 1. The average molecular weight is 418 g/mol. The van der Waals surface area contributed by atoms with E-state index < -0.39 is 0 Å². The number of anilines is 1. The fourth-order valence-corrected chi connectivity index (χ4v) is 3.33. The molecule has 5 nitrogen and oxygen atoms in total. The Morgan fingerprint density at radius 1 is 0.897 bits per heavy atom. The third kappa shape index (κ3) is 8.44. The summed E-state index contributed by atoms with van der Waals surface area (Å²) in [6.07, 6.45) is 4.13. The Balaban J connectivity index is 0.00000300. The van der Waals surface area contributed by atoms with Crippen LogP contribution >= 0.6 is 12.4 Å². The Hall–Kier alpha value is -2.08. The highest BCUT2D eigenvalue weighted by atomic mass is 35.5. The zero-order valence-corrected chi connectivity index (χ0v) is 17.8.